The normalized spacial score (nSPS) is 12.4. The summed E-state index contributed by atoms with van der Waals surface area (Å²) in [6.45, 7) is 10.3. The van der Waals surface area contributed by atoms with E-state index in [1.807, 2.05) is 19.2 Å². The molecule has 2 N–H and O–H groups in total. The molecule has 0 radical (unpaired) electrons. The summed E-state index contributed by atoms with van der Waals surface area (Å²) in [5.74, 6) is -0.234. The Hall–Kier alpha value is -1.77. The van der Waals surface area contributed by atoms with Crippen molar-refractivity contribution in [1.82, 2.24) is 15.2 Å². The van der Waals surface area contributed by atoms with E-state index < -0.39 is 0 Å². The van der Waals surface area contributed by atoms with Gasteiger partial charge in [-0.25, -0.2) is 4.98 Å². The SMILES string of the molecule is CCN(CC)C(CNC(=O)Cc1csc(NC(=O)C(C)C)n1)c1ccsc1. The van der Waals surface area contributed by atoms with Gasteiger partial charge in [0.2, 0.25) is 11.8 Å². The predicted molar refractivity (Wildman–Crippen MR) is 112 cm³/mol. The molecule has 0 aliphatic rings. The average molecular weight is 409 g/mol. The Morgan fingerprint density at radius 2 is 1.96 bits per heavy atom. The van der Waals surface area contributed by atoms with Gasteiger partial charge in [-0.15, -0.1) is 11.3 Å². The standard InChI is InChI=1S/C19H28N4O2S2/c1-5-23(6-2)16(14-7-8-26-11-14)10-20-17(24)9-15-12-27-19(21-15)22-18(25)13(3)4/h7-8,11-13,16H,5-6,9-10H2,1-4H3,(H,20,24)(H,21,22,25). The summed E-state index contributed by atoms with van der Waals surface area (Å²) in [7, 11) is 0. The van der Waals surface area contributed by atoms with Gasteiger partial charge in [-0.3, -0.25) is 14.5 Å². The molecule has 6 nitrogen and oxygen atoms in total. The molecule has 0 bridgehead atoms. The van der Waals surface area contributed by atoms with Gasteiger partial charge in [0.25, 0.3) is 0 Å². The lowest BCUT2D eigenvalue weighted by Gasteiger charge is -2.29. The van der Waals surface area contributed by atoms with Crippen LogP contribution >= 0.6 is 22.7 Å². The fourth-order valence-electron chi connectivity index (χ4n) is 2.72. The molecule has 0 saturated carbocycles. The fourth-order valence-corrected chi connectivity index (χ4v) is 4.14. The molecule has 0 aliphatic carbocycles. The number of carbonyl (C=O) groups excluding carboxylic acids is 2. The minimum absolute atomic E-state index is 0.0607. The van der Waals surface area contributed by atoms with Crippen molar-refractivity contribution in [3.05, 3.63) is 33.5 Å². The Morgan fingerprint density at radius 1 is 1.22 bits per heavy atom. The highest BCUT2D eigenvalue weighted by Crippen LogP contribution is 2.22. The van der Waals surface area contributed by atoms with Gasteiger partial charge in [-0.2, -0.15) is 11.3 Å². The number of aromatic nitrogens is 1. The van der Waals surface area contributed by atoms with Gasteiger partial charge in [0.15, 0.2) is 5.13 Å². The van der Waals surface area contributed by atoms with Gasteiger partial charge >= 0.3 is 0 Å². The van der Waals surface area contributed by atoms with E-state index in [1.54, 1.807) is 11.3 Å². The van der Waals surface area contributed by atoms with Crippen LogP contribution in [0.15, 0.2) is 22.2 Å². The highest BCUT2D eigenvalue weighted by Gasteiger charge is 2.19. The summed E-state index contributed by atoms with van der Waals surface area (Å²) in [6.07, 6.45) is 0.211. The lowest BCUT2D eigenvalue weighted by molar-refractivity contribution is -0.121. The van der Waals surface area contributed by atoms with E-state index >= 15 is 0 Å². The molecule has 0 aromatic carbocycles. The predicted octanol–water partition coefficient (Wildman–Crippen LogP) is 3.54. The third-order valence-corrected chi connectivity index (χ3v) is 5.83. The first kappa shape index (κ1) is 21.5. The third-order valence-electron chi connectivity index (χ3n) is 4.32. The van der Waals surface area contributed by atoms with Crippen LogP contribution < -0.4 is 10.6 Å². The molecule has 0 aliphatic heterocycles. The van der Waals surface area contributed by atoms with E-state index in [4.69, 9.17) is 0 Å². The summed E-state index contributed by atoms with van der Waals surface area (Å²) >= 11 is 3.01. The lowest BCUT2D eigenvalue weighted by atomic mass is 10.1. The number of thiazole rings is 1. The number of carbonyl (C=O) groups is 2. The van der Waals surface area contributed by atoms with E-state index in [0.29, 0.717) is 17.4 Å². The largest absolute Gasteiger partial charge is 0.354 e. The van der Waals surface area contributed by atoms with E-state index in [9.17, 15) is 9.59 Å². The smallest absolute Gasteiger partial charge is 0.228 e. The minimum Gasteiger partial charge on any atom is -0.354 e. The number of anilines is 1. The number of amides is 2. The molecule has 2 heterocycles. The lowest BCUT2D eigenvalue weighted by Crippen LogP contribution is -2.38. The second-order valence-electron chi connectivity index (χ2n) is 6.56. The van der Waals surface area contributed by atoms with Gasteiger partial charge < -0.3 is 10.6 Å². The van der Waals surface area contributed by atoms with Crippen LogP contribution in [-0.2, 0) is 16.0 Å². The first-order valence-electron chi connectivity index (χ1n) is 9.22. The van der Waals surface area contributed by atoms with Gasteiger partial charge in [0.1, 0.15) is 0 Å². The molecular weight excluding hydrogens is 380 g/mol. The van der Waals surface area contributed by atoms with Crippen molar-refractivity contribution in [1.29, 1.82) is 0 Å². The Morgan fingerprint density at radius 3 is 2.56 bits per heavy atom. The van der Waals surface area contributed by atoms with Gasteiger partial charge in [0, 0.05) is 17.8 Å². The van der Waals surface area contributed by atoms with E-state index in [-0.39, 0.29) is 30.2 Å². The van der Waals surface area contributed by atoms with Crippen molar-refractivity contribution in [2.24, 2.45) is 5.92 Å². The maximum Gasteiger partial charge on any atom is 0.228 e. The van der Waals surface area contributed by atoms with Crippen LogP contribution in [0.4, 0.5) is 5.13 Å². The van der Waals surface area contributed by atoms with Crippen molar-refractivity contribution in [2.45, 2.75) is 40.2 Å². The molecule has 0 fully saturated rings. The molecule has 8 heteroatoms. The second-order valence-corrected chi connectivity index (χ2v) is 8.20. The number of thiophene rings is 1. The quantitative estimate of drug-likeness (QED) is 0.631. The monoisotopic (exact) mass is 408 g/mol. The van der Waals surface area contributed by atoms with Crippen LogP contribution in [0.5, 0.6) is 0 Å². The average Bonchev–Trinajstić information content (AvgIpc) is 3.30. The third kappa shape index (κ3) is 6.41. The number of rotatable bonds is 10. The molecule has 2 rings (SSSR count). The second kappa shape index (κ2) is 10.5. The van der Waals surface area contributed by atoms with Crippen molar-refractivity contribution >= 4 is 39.6 Å². The van der Waals surface area contributed by atoms with Crippen molar-refractivity contribution in [3.8, 4) is 0 Å². The molecule has 1 atom stereocenters. The molecule has 27 heavy (non-hydrogen) atoms. The van der Waals surface area contributed by atoms with Gasteiger partial charge in [-0.1, -0.05) is 27.7 Å². The molecule has 1 unspecified atom stereocenters. The van der Waals surface area contributed by atoms with Crippen molar-refractivity contribution in [3.63, 3.8) is 0 Å². The zero-order valence-electron chi connectivity index (χ0n) is 16.3. The van der Waals surface area contributed by atoms with Crippen LogP contribution in [0.3, 0.4) is 0 Å². The van der Waals surface area contributed by atoms with Crippen LogP contribution in [0, 0.1) is 5.92 Å². The van der Waals surface area contributed by atoms with Crippen molar-refractivity contribution < 1.29 is 9.59 Å². The summed E-state index contributed by atoms with van der Waals surface area (Å²) < 4.78 is 0. The zero-order chi connectivity index (χ0) is 19.8. The van der Waals surface area contributed by atoms with Crippen LogP contribution in [0.2, 0.25) is 0 Å². The summed E-state index contributed by atoms with van der Waals surface area (Å²) in [5, 5.41) is 12.4. The van der Waals surface area contributed by atoms with Gasteiger partial charge in [-0.05, 0) is 35.5 Å². The maximum absolute atomic E-state index is 12.4. The molecule has 2 amide bonds. The number of hydrogen-bond acceptors (Lipinski definition) is 6. The highest BCUT2D eigenvalue weighted by atomic mass is 32.1. The maximum atomic E-state index is 12.4. The molecule has 2 aromatic rings. The van der Waals surface area contributed by atoms with E-state index in [0.717, 1.165) is 13.1 Å². The molecule has 148 valence electrons. The van der Waals surface area contributed by atoms with E-state index in [2.05, 4.69) is 51.2 Å². The van der Waals surface area contributed by atoms with Crippen LogP contribution in [-0.4, -0.2) is 41.3 Å². The van der Waals surface area contributed by atoms with Crippen molar-refractivity contribution in [2.75, 3.05) is 25.0 Å². The Labute approximate surface area is 169 Å². The number of nitrogens with zero attached hydrogens (tertiary/aromatic N) is 2. The molecule has 0 saturated heterocycles. The first-order valence-corrected chi connectivity index (χ1v) is 11.0. The van der Waals surface area contributed by atoms with Crippen LogP contribution in [0.25, 0.3) is 0 Å². The number of hydrogen-bond donors (Lipinski definition) is 2. The van der Waals surface area contributed by atoms with Crippen LogP contribution in [0.1, 0.15) is 45.0 Å². The summed E-state index contributed by atoms with van der Waals surface area (Å²) in [5.41, 5.74) is 1.91. The topological polar surface area (TPSA) is 74.3 Å². The number of nitrogens with one attached hydrogen (secondary N) is 2. The zero-order valence-corrected chi connectivity index (χ0v) is 18.0. The highest BCUT2D eigenvalue weighted by molar-refractivity contribution is 7.14. The summed E-state index contributed by atoms with van der Waals surface area (Å²) in [4.78, 5) is 30.8. The fraction of sp³-hybridized carbons (Fsp3) is 0.526. The Kier molecular flexibility index (Phi) is 8.40. The number of likely N-dealkylation sites (N-methyl/N-ethyl adjacent to an activating group) is 1. The molecule has 0 spiro atoms. The molecule has 2 aromatic heterocycles. The first-order chi connectivity index (χ1) is 12.9. The Bertz CT molecular complexity index is 724. The summed E-state index contributed by atoms with van der Waals surface area (Å²) in [6, 6.07) is 2.29. The minimum atomic E-state index is -0.102. The molecular formula is C19H28N4O2S2. The van der Waals surface area contributed by atoms with E-state index in [1.165, 1.54) is 16.9 Å². The van der Waals surface area contributed by atoms with Gasteiger partial charge in [0.05, 0.1) is 18.2 Å². The Balaban J connectivity index is 1.91.